The fourth-order valence-electron chi connectivity index (χ4n) is 2.70. The number of halogens is 1. The number of esters is 1. The van der Waals surface area contributed by atoms with Crippen molar-refractivity contribution in [1.29, 1.82) is 0 Å². The third-order valence-corrected chi connectivity index (χ3v) is 5.40. The number of hydrogen-bond acceptors (Lipinski definition) is 4. The zero-order chi connectivity index (χ0) is 15.4. The Morgan fingerprint density at radius 3 is 2.95 bits per heavy atom. The van der Waals surface area contributed by atoms with Gasteiger partial charge in [-0.3, -0.25) is 9.59 Å². The van der Waals surface area contributed by atoms with Gasteiger partial charge in [-0.15, -0.1) is 0 Å². The standard InChI is InChI=1S/C16H17IO4/c1-4-16(3,17)15(19)20-8(2)5-9-10-6-12(18)11-7-13(9)21-14(10)11/h7-8H,4-6H2,1-3H3. The molecule has 5 heteroatoms. The lowest BCUT2D eigenvalue weighted by Gasteiger charge is -2.22. The van der Waals surface area contributed by atoms with Crippen LogP contribution in [0.15, 0.2) is 10.5 Å². The normalized spacial score (nSPS) is 18.2. The molecule has 2 heterocycles. The maximum atomic E-state index is 12.1. The second-order valence-corrected chi connectivity index (χ2v) is 8.26. The largest absolute Gasteiger partial charge is 0.461 e. The molecule has 1 aliphatic rings. The quantitative estimate of drug-likeness (QED) is 0.437. The molecule has 0 aromatic carbocycles. The molecule has 0 radical (unpaired) electrons. The molecule has 3 rings (SSSR count). The number of alkyl halides is 1. The minimum atomic E-state index is -0.493. The molecule has 0 spiro atoms. The number of carbonyl (C=O) groups is 2. The number of Topliss-reactive ketones (excluding diaryl/α,β-unsaturated/α-hetero) is 1. The van der Waals surface area contributed by atoms with E-state index in [2.05, 4.69) is 22.6 Å². The van der Waals surface area contributed by atoms with Crippen LogP contribution in [-0.2, 0) is 22.4 Å². The molecule has 4 nitrogen and oxygen atoms in total. The highest BCUT2D eigenvalue weighted by Gasteiger charge is 2.34. The number of furan rings is 2. The summed E-state index contributed by atoms with van der Waals surface area (Å²) in [6.45, 7) is 5.72. The summed E-state index contributed by atoms with van der Waals surface area (Å²) in [5.74, 6) is -0.0652. The van der Waals surface area contributed by atoms with Crippen molar-refractivity contribution in [2.75, 3.05) is 0 Å². The molecule has 21 heavy (non-hydrogen) atoms. The SMILES string of the molecule is CCC(C)(I)C(=O)OC(C)Cc1c2c3oc1cc3C(=O)C2. The maximum absolute atomic E-state index is 12.1. The third kappa shape index (κ3) is 2.35. The summed E-state index contributed by atoms with van der Waals surface area (Å²) in [6.07, 6.45) is 1.50. The van der Waals surface area contributed by atoms with Crippen molar-refractivity contribution in [3.8, 4) is 0 Å². The highest BCUT2D eigenvalue weighted by atomic mass is 127. The molecule has 2 bridgehead atoms. The average molecular weight is 400 g/mol. The molecule has 1 aliphatic carbocycles. The summed E-state index contributed by atoms with van der Waals surface area (Å²) in [5.41, 5.74) is 4.21. The summed E-state index contributed by atoms with van der Waals surface area (Å²) >= 11 is 2.13. The lowest BCUT2D eigenvalue weighted by molar-refractivity contribution is -0.150. The molecule has 2 aromatic heterocycles. The summed E-state index contributed by atoms with van der Waals surface area (Å²) < 4.78 is 10.7. The van der Waals surface area contributed by atoms with Crippen LogP contribution in [0.25, 0.3) is 11.2 Å². The smallest absolute Gasteiger partial charge is 0.322 e. The Hall–Kier alpha value is -1.11. The molecular formula is C16H17IO4. The highest BCUT2D eigenvalue weighted by molar-refractivity contribution is 14.1. The van der Waals surface area contributed by atoms with Gasteiger partial charge in [-0.05, 0) is 26.3 Å². The van der Waals surface area contributed by atoms with Gasteiger partial charge in [-0.25, -0.2) is 0 Å². The van der Waals surface area contributed by atoms with E-state index < -0.39 is 3.42 Å². The summed E-state index contributed by atoms with van der Waals surface area (Å²) in [6, 6.07) is 1.81. The van der Waals surface area contributed by atoms with Gasteiger partial charge in [0, 0.05) is 24.0 Å². The van der Waals surface area contributed by atoms with E-state index in [0.717, 1.165) is 28.7 Å². The van der Waals surface area contributed by atoms with Crippen LogP contribution in [-0.4, -0.2) is 21.3 Å². The number of ketones is 1. The Labute approximate surface area is 136 Å². The van der Waals surface area contributed by atoms with Gasteiger partial charge >= 0.3 is 5.97 Å². The summed E-state index contributed by atoms with van der Waals surface area (Å²) in [7, 11) is 0. The van der Waals surface area contributed by atoms with Crippen LogP contribution >= 0.6 is 22.6 Å². The van der Waals surface area contributed by atoms with E-state index in [1.165, 1.54) is 0 Å². The zero-order valence-corrected chi connectivity index (χ0v) is 14.4. The molecule has 0 N–H and O–H groups in total. The van der Waals surface area contributed by atoms with Gasteiger partial charge in [0.15, 0.2) is 5.78 Å². The second-order valence-electron chi connectivity index (χ2n) is 5.88. The molecule has 2 aromatic rings. The van der Waals surface area contributed by atoms with Gasteiger partial charge in [-0.1, -0.05) is 29.5 Å². The lowest BCUT2D eigenvalue weighted by atomic mass is 10.0. The van der Waals surface area contributed by atoms with Crippen LogP contribution in [0.2, 0.25) is 0 Å². The first-order valence-electron chi connectivity index (χ1n) is 7.13. The number of ether oxygens (including phenoxy) is 1. The Morgan fingerprint density at radius 2 is 2.29 bits per heavy atom. The first-order valence-corrected chi connectivity index (χ1v) is 8.21. The van der Waals surface area contributed by atoms with Crippen molar-refractivity contribution >= 4 is 45.5 Å². The van der Waals surface area contributed by atoms with E-state index in [1.807, 2.05) is 26.8 Å². The number of fused-ring (bicyclic) bond motifs is 1. The topological polar surface area (TPSA) is 56.5 Å². The van der Waals surface area contributed by atoms with Crippen LogP contribution in [0.1, 0.15) is 48.7 Å². The monoisotopic (exact) mass is 400 g/mol. The predicted molar refractivity (Wildman–Crippen MR) is 87.4 cm³/mol. The Bertz CT molecular complexity index is 713. The third-order valence-electron chi connectivity index (χ3n) is 4.19. The lowest BCUT2D eigenvalue weighted by Crippen LogP contribution is -2.32. The van der Waals surface area contributed by atoms with Crippen molar-refractivity contribution in [3.63, 3.8) is 0 Å². The molecular weight excluding hydrogens is 383 g/mol. The minimum absolute atomic E-state index is 0.125. The van der Waals surface area contributed by atoms with Gasteiger partial charge in [0.1, 0.15) is 20.7 Å². The fraction of sp³-hybridized carbons (Fsp3) is 0.500. The molecule has 112 valence electrons. The van der Waals surface area contributed by atoms with Crippen molar-refractivity contribution in [1.82, 2.24) is 0 Å². The molecule has 0 saturated carbocycles. The Kier molecular flexibility index (Phi) is 3.50. The Balaban J connectivity index is 1.73. The maximum Gasteiger partial charge on any atom is 0.322 e. The second kappa shape index (κ2) is 4.97. The highest BCUT2D eigenvalue weighted by Crippen LogP contribution is 2.39. The van der Waals surface area contributed by atoms with Crippen LogP contribution in [0.3, 0.4) is 0 Å². The van der Waals surface area contributed by atoms with Gasteiger partial charge in [0.25, 0.3) is 0 Å². The number of benzene rings is 1. The number of hydrogen-bond donors (Lipinski definition) is 0. The average Bonchev–Trinajstić information content (AvgIpc) is 3.03. The van der Waals surface area contributed by atoms with Gasteiger partial charge < -0.3 is 9.15 Å². The van der Waals surface area contributed by atoms with E-state index in [1.54, 1.807) is 0 Å². The van der Waals surface area contributed by atoms with Crippen LogP contribution in [0, 0.1) is 0 Å². The number of carbonyl (C=O) groups excluding carboxylic acids is 2. The van der Waals surface area contributed by atoms with Crippen molar-refractivity contribution in [2.45, 2.75) is 49.6 Å². The van der Waals surface area contributed by atoms with Crippen molar-refractivity contribution in [2.24, 2.45) is 0 Å². The van der Waals surface area contributed by atoms with E-state index in [9.17, 15) is 9.59 Å². The van der Waals surface area contributed by atoms with Crippen LogP contribution in [0.5, 0.6) is 0 Å². The zero-order valence-electron chi connectivity index (χ0n) is 12.3. The van der Waals surface area contributed by atoms with E-state index in [0.29, 0.717) is 18.4 Å². The van der Waals surface area contributed by atoms with Gasteiger partial charge in [-0.2, -0.15) is 0 Å². The molecule has 0 amide bonds. The molecule has 0 fully saturated rings. The fourth-order valence-corrected chi connectivity index (χ4v) is 2.83. The first-order chi connectivity index (χ1) is 9.83. The van der Waals surface area contributed by atoms with E-state index in [-0.39, 0.29) is 17.9 Å². The minimum Gasteiger partial charge on any atom is -0.461 e. The van der Waals surface area contributed by atoms with E-state index in [4.69, 9.17) is 9.15 Å². The molecule has 0 aliphatic heterocycles. The van der Waals surface area contributed by atoms with Crippen molar-refractivity contribution in [3.05, 3.63) is 22.8 Å². The van der Waals surface area contributed by atoms with E-state index >= 15 is 0 Å². The summed E-state index contributed by atoms with van der Waals surface area (Å²) in [4.78, 5) is 23.9. The van der Waals surface area contributed by atoms with Gasteiger partial charge in [0.2, 0.25) is 0 Å². The van der Waals surface area contributed by atoms with Crippen LogP contribution in [0.4, 0.5) is 0 Å². The van der Waals surface area contributed by atoms with Crippen LogP contribution < -0.4 is 0 Å². The van der Waals surface area contributed by atoms with Crippen molar-refractivity contribution < 1.29 is 18.7 Å². The molecule has 0 saturated heterocycles. The first kappa shape index (κ1) is 14.8. The van der Waals surface area contributed by atoms with Gasteiger partial charge in [0.05, 0.1) is 5.56 Å². The number of rotatable bonds is 5. The summed E-state index contributed by atoms with van der Waals surface area (Å²) in [5, 5.41) is 0. The molecule has 2 atom stereocenters. The Morgan fingerprint density at radius 1 is 1.57 bits per heavy atom. The molecule has 2 unspecified atom stereocenters. The predicted octanol–water partition coefficient (Wildman–Crippen LogP) is 3.69.